The molecule has 0 aromatic carbocycles. The number of hydrogen-bond acceptors (Lipinski definition) is 4. The van der Waals surface area contributed by atoms with Crippen molar-refractivity contribution in [1.29, 1.82) is 0 Å². The summed E-state index contributed by atoms with van der Waals surface area (Å²) < 4.78 is 2.13. The fraction of sp³-hybridized carbons (Fsp3) is 0.786. The zero-order valence-electron chi connectivity index (χ0n) is 12.2. The highest BCUT2D eigenvalue weighted by Gasteiger charge is 2.21. The van der Waals surface area contributed by atoms with E-state index in [1.165, 1.54) is 37.4 Å². The lowest BCUT2D eigenvalue weighted by Crippen LogP contribution is -2.19. The van der Waals surface area contributed by atoms with Gasteiger partial charge in [-0.2, -0.15) is 0 Å². The van der Waals surface area contributed by atoms with Gasteiger partial charge in [0.1, 0.15) is 5.82 Å². The summed E-state index contributed by atoms with van der Waals surface area (Å²) in [6.45, 7) is 5.32. The highest BCUT2D eigenvalue weighted by atomic mass is 32.2. The van der Waals surface area contributed by atoms with E-state index in [0.29, 0.717) is 5.92 Å². The van der Waals surface area contributed by atoms with Crippen molar-refractivity contribution in [2.75, 3.05) is 5.75 Å². The molecule has 0 radical (unpaired) electrons. The van der Waals surface area contributed by atoms with Crippen molar-refractivity contribution < 1.29 is 9.90 Å². The molecule has 1 aliphatic carbocycles. The number of aryl methyl sites for hydroxylation is 1. The molecule has 0 saturated heterocycles. The Bertz CT molecular complexity index is 453. The monoisotopic (exact) mass is 297 g/mol. The zero-order chi connectivity index (χ0) is 14.5. The molecule has 5 nitrogen and oxygen atoms in total. The summed E-state index contributed by atoms with van der Waals surface area (Å²) in [4.78, 5) is 10.7. The minimum atomic E-state index is -0.811. The lowest BCUT2D eigenvalue weighted by atomic mass is 9.83. The van der Waals surface area contributed by atoms with Gasteiger partial charge < -0.3 is 9.67 Å². The molecule has 0 bridgehead atoms. The quantitative estimate of drug-likeness (QED) is 0.818. The Labute approximate surface area is 124 Å². The molecule has 1 aromatic heterocycles. The first-order valence-corrected chi connectivity index (χ1v) is 8.35. The van der Waals surface area contributed by atoms with Crippen molar-refractivity contribution >= 4 is 17.7 Å². The average molecular weight is 297 g/mol. The zero-order valence-corrected chi connectivity index (χ0v) is 13.0. The van der Waals surface area contributed by atoms with Gasteiger partial charge in [0, 0.05) is 13.0 Å². The average Bonchev–Trinajstić information content (AvgIpc) is 2.81. The summed E-state index contributed by atoms with van der Waals surface area (Å²) in [6.07, 6.45) is 5.94. The van der Waals surface area contributed by atoms with E-state index in [0.717, 1.165) is 29.9 Å². The normalized spacial score (nSPS) is 22.9. The maximum Gasteiger partial charge on any atom is 0.313 e. The van der Waals surface area contributed by atoms with Crippen LogP contribution in [0.15, 0.2) is 5.16 Å². The van der Waals surface area contributed by atoms with Crippen LogP contribution < -0.4 is 0 Å². The molecule has 112 valence electrons. The molecule has 20 heavy (non-hydrogen) atoms. The number of rotatable bonds is 6. The standard InChI is InChI=1S/C14H23N3O2S/c1-3-12-15-16-14(20-9-13(18)19)17(12)8-11-6-4-10(2)5-7-11/h10-11H,3-9H2,1-2H3,(H,18,19). The third kappa shape index (κ3) is 3.98. The van der Waals surface area contributed by atoms with Crippen LogP contribution in [0, 0.1) is 11.8 Å². The Kier molecular flexibility index (Phi) is 5.46. The Balaban J connectivity index is 2.04. The van der Waals surface area contributed by atoms with Crippen LogP contribution in [0.4, 0.5) is 0 Å². The van der Waals surface area contributed by atoms with E-state index in [-0.39, 0.29) is 5.75 Å². The highest BCUT2D eigenvalue weighted by Crippen LogP contribution is 2.30. The molecule has 0 unspecified atom stereocenters. The van der Waals surface area contributed by atoms with Crippen LogP contribution >= 0.6 is 11.8 Å². The number of hydrogen-bond donors (Lipinski definition) is 1. The van der Waals surface area contributed by atoms with Crippen LogP contribution in [0.2, 0.25) is 0 Å². The molecule has 0 atom stereocenters. The van der Waals surface area contributed by atoms with Gasteiger partial charge in [-0.15, -0.1) is 10.2 Å². The molecule has 1 saturated carbocycles. The van der Waals surface area contributed by atoms with E-state index in [2.05, 4.69) is 28.6 Å². The number of carbonyl (C=O) groups is 1. The number of aromatic nitrogens is 3. The van der Waals surface area contributed by atoms with Crippen LogP contribution in [-0.4, -0.2) is 31.6 Å². The van der Waals surface area contributed by atoms with Gasteiger partial charge in [0.2, 0.25) is 0 Å². The van der Waals surface area contributed by atoms with Crippen molar-refractivity contribution in [3.63, 3.8) is 0 Å². The second kappa shape index (κ2) is 7.11. The molecule has 1 fully saturated rings. The van der Waals surface area contributed by atoms with Crippen LogP contribution in [0.1, 0.15) is 45.4 Å². The smallest absolute Gasteiger partial charge is 0.313 e. The third-order valence-electron chi connectivity index (χ3n) is 4.01. The van der Waals surface area contributed by atoms with Crippen LogP contribution in [-0.2, 0) is 17.8 Å². The predicted molar refractivity (Wildman–Crippen MR) is 78.9 cm³/mol. The van der Waals surface area contributed by atoms with Gasteiger partial charge in [-0.25, -0.2) is 0 Å². The fourth-order valence-electron chi connectivity index (χ4n) is 2.77. The molecule has 1 aliphatic rings. The molecule has 0 amide bonds. The number of carboxylic acids is 1. The summed E-state index contributed by atoms with van der Waals surface area (Å²) in [5.74, 6) is 1.73. The first kappa shape index (κ1) is 15.4. The molecule has 1 aromatic rings. The van der Waals surface area contributed by atoms with Gasteiger partial charge in [-0.3, -0.25) is 4.79 Å². The van der Waals surface area contributed by atoms with Gasteiger partial charge in [-0.1, -0.05) is 38.5 Å². The fourth-order valence-corrected chi connectivity index (χ4v) is 3.45. The second-order valence-corrected chi connectivity index (χ2v) is 6.61. The third-order valence-corrected chi connectivity index (χ3v) is 4.96. The summed E-state index contributed by atoms with van der Waals surface area (Å²) in [6, 6.07) is 0. The lowest BCUT2D eigenvalue weighted by Gasteiger charge is -2.27. The van der Waals surface area contributed by atoms with Crippen molar-refractivity contribution in [3.05, 3.63) is 5.82 Å². The summed E-state index contributed by atoms with van der Waals surface area (Å²) in [5.41, 5.74) is 0. The minimum Gasteiger partial charge on any atom is -0.481 e. The Morgan fingerprint density at radius 1 is 1.35 bits per heavy atom. The maximum absolute atomic E-state index is 10.7. The molecule has 6 heteroatoms. The molecule has 0 spiro atoms. The topological polar surface area (TPSA) is 68.0 Å². The van der Waals surface area contributed by atoms with Gasteiger partial charge >= 0.3 is 5.97 Å². The van der Waals surface area contributed by atoms with E-state index in [9.17, 15) is 4.79 Å². The first-order valence-electron chi connectivity index (χ1n) is 7.36. The van der Waals surface area contributed by atoms with Gasteiger partial charge in [0.05, 0.1) is 5.75 Å². The highest BCUT2D eigenvalue weighted by molar-refractivity contribution is 7.99. The maximum atomic E-state index is 10.7. The minimum absolute atomic E-state index is 0.0452. The van der Waals surface area contributed by atoms with Crippen LogP contribution in [0.25, 0.3) is 0 Å². The van der Waals surface area contributed by atoms with E-state index in [1.54, 1.807) is 0 Å². The van der Waals surface area contributed by atoms with E-state index < -0.39 is 5.97 Å². The summed E-state index contributed by atoms with van der Waals surface area (Å²) in [7, 11) is 0. The molecule has 2 rings (SSSR count). The molecular weight excluding hydrogens is 274 g/mol. The molecule has 1 heterocycles. The van der Waals surface area contributed by atoms with Crippen molar-refractivity contribution in [2.45, 2.75) is 57.7 Å². The molecular formula is C14H23N3O2S. The number of nitrogens with zero attached hydrogens (tertiary/aromatic N) is 3. The predicted octanol–water partition coefficient (Wildman–Crippen LogP) is 2.84. The largest absolute Gasteiger partial charge is 0.481 e. The van der Waals surface area contributed by atoms with Gasteiger partial charge in [-0.05, 0) is 24.7 Å². The van der Waals surface area contributed by atoms with Crippen molar-refractivity contribution in [1.82, 2.24) is 14.8 Å². The SMILES string of the molecule is CCc1nnc(SCC(=O)O)n1CC1CCC(C)CC1. The number of thioether (sulfide) groups is 1. The summed E-state index contributed by atoms with van der Waals surface area (Å²) >= 11 is 1.27. The first-order chi connectivity index (χ1) is 9.60. The van der Waals surface area contributed by atoms with Crippen LogP contribution in [0.3, 0.4) is 0 Å². The van der Waals surface area contributed by atoms with Crippen LogP contribution in [0.5, 0.6) is 0 Å². The Morgan fingerprint density at radius 2 is 2.05 bits per heavy atom. The Hall–Kier alpha value is -1.04. The number of carboxylic acid groups (broad SMARTS) is 1. The molecule has 1 N–H and O–H groups in total. The van der Waals surface area contributed by atoms with E-state index >= 15 is 0 Å². The summed E-state index contributed by atoms with van der Waals surface area (Å²) in [5, 5.41) is 17.9. The second-order valence-electron chi connectivity index (χ2n) is 5.67. The van der Waals surface area contributed by atoms with Gasteiger partial charge in [0.25, 0.3) is 0 Å². The van der Waals surface area contributed by atoms with Crippen molar-refractivity contribution in [3.8, 4) is 0 Å². The van der Waals surface area contributed by atoms with Gasteiger partial charge in [0.15, 0.2) is 5.16 Å². The molecule has 0 aliphatic heterocycles. The Morgan fingerprint density at radius 3 is 2.65 bits per heavy atom. The lowest BCUT2D eigenvalue weighted by molar-refractivity contribution is -0.133. The van der Waals surface area contributed by atoms with E-state index in [1.807, 2.05) is 0 Å². The van der Waals surface area contributed by atoms with Crippen molar-refractivity contribution in [2.24, 2.45) is 11.8 Å². The van der Waals surface area contributed by atoms with E-state index in [4.69, 9.17) is 5.11 Å². The number of aliphatic carboxylic acids is 1.